The van der Waals surface area contributed by atoms with Gasteiger partial charge in [-0.1, -0.05) is 40.0 Å². The van der Waals surface area contributed by atoms with Gasteiger partial charge >= 0.3 is 0 Å². The molecule has 1 rings (SSSR count). The van der Waals surface area contributed by atoms with E-state index in [0.29, 0.717) is 18.5 Å². The van der Waals surface area contributed by atoms with Crippen molar-refractivity contribution < 1.29 is 4.79 Å². The van der Waals surface area contributed by atoms with Gasteiger partial charge in [-0.25, -0.2) is 0 Å². The second-order valence-electron chi connectivity index (χ2n) is 6.21. The van der Waals surface area contributed by atoms with Gasteiger partial charge in [-0.2, -0.15) is 0 Å². The Balaban J connectivity index is 2.42. The van der Waals surface area contributed by atoms with Gasteiger partial charge in [-0.15, -0.1) is 0 Å². The summed E-state index contributed by atoms with van der Waals surface area (Å²) in [6.45, 7) is 7.00. The maximum absolute atomic E-state index is 12.2. The van der Waals surface area contributed by atoms with Crippen molar-refractivity contribution in [2.24, 2.45) is 23.5 Å². The molecule has 0 spiro atoms. The van der Waals surface area contributed by atoms with Crippen molar-refractivity contribution in [1.29, 1.82) is 0 Å². The second kappa shape index (κ2) is 7.78. The van der Waals surface area contributed by atoms with E-state index in [1.807, 2.05) is 0 Å². The molecule has 0 saturated heterocycles. The minimum absolute atomic E-state index is 0.00740. The lowest BCUT2D eigenvalue weighted by Gasteiger charge is -2.30. The lowest BCUT2D eigenvalue weighted by molar-refractivity contribution is -0.126. The van der Waals surface area contributed by atoms with Gasteiger partial charge in [-0.05, 0) is 31.1 Å². The van der Waals surface area contributed by atoms with Gasteiger partial charge in [0, 0.05) is 12.6 Å². The molecule has 3 nitrogen and oxygen atoms in total. The lowest BCUT2D eigenvalue weighted by atomic mass is 9.84. The SMILES string of the molecule is CCC1CCCC(NC(=O)C(CN)CC(C)C)C1. The smallest absolute Gasteiger partial charge is 0.224 e. The third-order valence-electron chi connectivity index (χ3n) is 4.12. The van der Waals surface area contributed by atoms with Gasteiger partial charge in [0.1, 0.15) is 0 Å². The molecule has 1 saturated carbocycles. The van der Waals surface area contributed by atoms with Crippen LogP contribution < -0.4 is 11.1 Å². The average molecular weight is 254 g/mol. The molecule has 0 aromatic carbocycles. The maximum Gasteiger partial charge on any atom is 0.224 e. The molecule has 3 unspecified atom stereocenters. The molecule has 106 valence electrons. The quantitative estimate of drug-likeness (QED) is 0.765. The Hall–Kier alpha value is -0.570. The molecule has 1 aliphatic carbocycles. The topological polar surface area (TPSA) is 55.1 Å². The molecule has 1 aliphatic rings. The Morgan fingerprint density at radius 2 is 2.11 bits per heavy atom. The summed E-state index contributed by atoms with van der Waals surface area (Å²) in [4.78, 5) is 12.2. The highest BCUT2D eigenvalue weighted by molar-refractivity contribution is 5.79. The van der Waals surface area contributed by atoms with Crippen LogP contribution in [0.15, 0.2) is 0 Å². The highest BCUT2D eigenvalue weighted by atomic mass is 16.1. The minimum atomic E-state index is -0.00740. The number of amides is 1. The molecule has 0 heterocycles. The van der Waals surface area contributed by atoms with Gasteiger partial charge < -0.3 is 11.1 Å². The van der Waals surface area contributed by atoms with Crippen LogP contribution in [0.25, 0.3) is 0 Å². The van der Waals surface area contributed by atoms with E-state index >= 15 is 0 Å². The summed E-state index contributed by atoms with van der Waals surface area (Å²) in [6.07, 6.45) is 7.00. The fraction of sp³-hybridized carbons (Fsp3) is 0.933. The van der Waals surface area contributed by atoms with Crippen molar-refractivity contribution in [3.63, 3.8) is 0 Å². The van der Waals surface area contributed by atoms with Gasteiger partial charge in [-0.3, -0.25) is 4.79 Å². The van der Waals surface area contributed by atoms with Crippen LogP contribution in [0.4, 0.5) is 0 Å². The van der Waals surface area contributed by atoms with E-state index in [9.17, 15) is 4.79 Å². The molecule has 18 heavy (non-hydrogen) atoms. The first-order valence-electron chi connectivity index (χ1n) is 7.57. The molecule has 0 aliphatic heterocycles. The first-order valence-corrected chi connectivity index (χ1v) is 7.57. The molecule has 1 fully saturated rings. The monoisotopic (exact) mass is 254 g/mol. The van der Waals surface area contributed by atoms with Crippen molar-refractivity contribution in [2.75, 3.05) is 6.54 Å². The first-order chi connectivity index (χ1) is 8.56. The number of carbonyl (C=O) groups is 1. The van der Waals surface area contributed by atoms with E-state index < -0.39 is 0 Å². The van der Waals surface area contributed by atoms with Crippen molar-refractivity contribution in [2.45, 2.75) is 65.3 Å². The van der Waals surface area contributed by atoms with E-state index in [4.69, 9.17) is 5.73 Å². The van der Waals surface area contributed by atoms with Crippen molar-refractivity contribution in [1.82, 2.24) is 5.32 Å². The van der Waals surface area contributed by atoms with E-state index in [-0.39, 0.29) is 11.8 Å². The van der Waals surface area contributed by atoms with E-state index in [1.54, 1.807) is 0 Å². The Morgan fingerprint density at radius 1 is 1.39 bits per heavy atom. The normalized spacial score (nSPS) is 26.1. The number of nitrogens with two attached hydrogens (primary N) is 1. The van der Waals surface area contributed by atoms with Crippen molar-refractivity contribution in [3.8, 4) is 0 Å². The zero-order valence-corrected chi connectivity index (χ0v) is 12.2. The molecular formula is C15H30N2O. The Kier molecular flexibility index (Phi) is 6.69. The third-order valence-corrected chi connectivity index (χ3v) is 4.12. The Labute approximate surface area is 112 Å². The number of hydrogen-bond acceptors (Lipinski definition) is 2. The fourth-order valence-electron chi connectivity index (χ4n) is 2.99. The summed E-state index contributed by atoms with van der Waals surface area (Å²) in [5.74, 6) is 1.49. The predicted octanol–water partition coefficient (Wildman–Crippen LogP) is 2.69. The van der Waals surface area contributed by atoms with Gasteiger partial charge in [0.2, 0.25) is 5.91 Å². The Morgan fingerprint density at radius 3 is 2.67 bits per heavy atom. The zero-order chi connectivity index (χ0) is 13.5. The highest BCUT2D eigenvalue weighted by Gasteiger charge is 2.25. The molecule has 1 amide bonds. The summed E-state index contributed by atoms with van der Waals surface area (Å²) in [5, 5.41) is 3.22. The van der Waals surface area contributed by atoms with E-state index in [0.717, 1.165) is 25.2 Å². The molecule has 3 heteroatoms. The maximum atomic E-state index is 12.2. The second-order valence-corrected chi connectivity index (χ2v) is 6.21. The van der Waals surface area contributed by atoms with Crippen LogP contribution in [-0.4, -0.2) is 18.5 Å². The number of nitrogens with one attached hydrogen (secondary N) is 1. The van der Waals surface area contributed by atoms with Crippen LogP contribution in [0, 0.1) is 17.8 Å². The van der Waals surface area contributed by atoms with Crippen LogP contribution in [0.3, 0.4) is 0 Å². The van der Waals surface area contributed by atoms with Gasteiger partial charge in [0.05, 0.1) is 5.92 Å². The molecular weight excluding hydrogens is 224 g/mol. The first kappa shape index (κ1) is 15.5. The third kappa shape index (κ3) is 4.97. The minimum Gasteiger partial charge on any atom is -0.353 e. The highest BCUT2D eigenvalue weighted by Crippen LogP contribution is 2.26. The lowest BCUT2D eigenvalue weighted by Crippen LogP contribution is -2.43. The molecule has 0 aromatic rings. The zero-order valence-electron chi connectivity index (χ0n) is 12.2. The molecule has 3 N–H and O–H groups in total. The average Bonchev–Trinajstić information content (AvgIpc) is 2.35. The number of carbonyl (C=O) groups excluding carboxylic acids is 1. The van der Waals surface area contributed by atoms with Crippen LogP contribution >= 0.6 is 0 Å². The van der Waals surface area contributed by atoms with E-state index in [2.05, 4.69) is 26.1 Å². The largest absolute Gasteiger partial charge is 0.353 e. The molecule has 3 atom stereocenters. The summed E-state index contributed by atoms with van der Waals surface area (Å²) >= 11 is 0. The molecule has 0 aromatic heterocycles. The number of rotatable bonds is 6. The Bertz CT molecular complexity index is 253. The van der Waals surface area contributed by atoms with Crippen molar-refractivity contribution >= 4 is 5.91 Å². The molecule has 0 bridgehead atoms. The fourth-order valence-corrected chi connectivity index (χ4v) is 2.99. The van der Waals surface area contributed by atoms with Crippen LogP contribution in [0.2, 0.25) is 0 Å². The molecule has 0 radical (unpaired) electrons. The van der Waals surface area contributed by atoms with E-state index in [1.165, 1.54) is 19.3 Å². The van der Waals surface area contributed by atoms with Crippen LogP contribution in [0.1, 0.15) is 59.3 Å². The van der Waals surface area contributed by atoms with Crippen LogP contribution in [0.5, 0.6) is 0 Å². The summed E-state index contributed by atoms with van der Waals surface area (Å²) in [7, 11) is 0. The van der Waals surface area contributed by atoms with Gasteiger partial charge in [0.25, 0.3) is 0 Å². The van der Waals surface area contributed by atoms with Crippen molar-refractivity contribution in [3.05, 3.63) is 0 Å². The van der Waals surface area contributed by atoms with Crippen LogP contribution in [-0.2, 0) is 4.79 Å². The summed E-state index contributed by atoms with van der Waals surface area (Å²) < 4.78 is 0. The summed E-state index contributed by atoms with van der Waals surface area (Å²) in [5.41, 5.74) is 5.72. The summed E-state index contributed by atoms with van der Waals surface area (Å²) in [6, 6.07) is 0.386. The van der Waals surface area contributed by atoms with Gasteiger partial charge in [0.15, 0.2) is 0 Å². The number of hydrogen-bond donors (Lipinski definition) is 2. The predicted molar refractivity (Wildman–Crippen MR) is 76.2 cm³/mol. The standard InChI is InChI=1S/C15H30N2O/c1-4-12-6-5-7-14(9-12)17-15(18)13(10-16)8-11(2)3/h11-14H,4-10,16H2,1-3H3,(H,17,18).